The second-order valence-corrected chi connectivity index (χ2v) is 15.8. The molecule has 348 valence electrons. The quantitative estimate of drug-likeness (QED) is 0.0424. The van der Waals surface area contributed by atoms with Gasteiger partial charge in [-0.2, -0.15) is 0 Å². The van der Waals surface area contributed by atoms with E-state index in [-0.39, 0.29) is 26.4 Å². The van der Waals surface area contributed by atoms with Crippen LogP contribution in [0.3, 0.4) is 0 Å². The number of ether oxygens (including phenoxy) is 2. The highest BCUT2D eigenvalue weighted by atomic mass is 16.5. The van der Waals surface area contributed by atoms with E-state index >= 15 is 0 Å². The van der Waals surface area contributed by atoms with E-state index < -0.39 is 0 Å². The molecule has 0 heterocycles. The molecule has 4 N–H and O–H groups in total. The van der Waals surface area contributed by atoms with Gasteiger partial charge in [-0.05, 0) is 115 Å². The van der Waals surface area contributed by atoms with Gasteiger partial charge in [0, 0.05) is 45.8 Å². The molecule has 0 radical (unpaired) electrons. The minimum absolute atomic E-state index is 0.0994. The molecule has 9 nitrogen and oxygen atoms in total. The minimum Gasteiger partial charge on any atom is -0.457 e. The molecule has 0 saturated heterocycles. The molecular weight excluding hydrogens is 811 g/mol. The molecule has 6 rings (SSSR count). The lowest BCUT2D eigenvalue weighted by molar-refractivity contribution is 0.162. The summed E-state index contributed by atoms with van der Waals surface area (Å²) in [7, 11) is 0. The lowest BCUT2D eigenvalue weighted by Crippen LogP contribution is -2.31. The van der Waals surface area contributed by atoms with Gasteiger partial charge < -0.3 is 39.7 Å². The summed E-state index contributed by atoms with van der Waals surface area (Å²) in [6.07, 6.45) is 5.08. The lowest BCUT2D eigenvalue weighted by atomic mass is 10.0. The number of nitrogens with zero attached hydrogens (tertiary/aromatic N) is 3. The second-order valence-electron chi connectivity index (χ2n) is 15.8. The van der Waals surface area contributed by atoms with Gasteiger partial charge >= 0.3 is 0 Å². The van der Waals surface area contributed by atoms with Gasteiger partial charge in [-0.15, -0.1) is 0 Å². The summed E-state index contributed by atoms with van der Waals surface area (Å²) in [6, 6.07) is 55.0. The topological polar surface area (TPSA) is 109 Å². The molecule has 0 unspecified atom stereocenters. The number of benzene rings is 6. The molecule has 9 heteroatoms. The normalized spacial score (nSPS) is 10.9. The summed E-state index contributed by atoms with van der Waals surface area (Å²) >= 11 is 0. The van der Waals surface area contributed by atoms with E-state index in [2.05, 4.69) is 84.3 Å². The summed E-state index contributed by atoms with van der Waals surface area (Å²) in [5.74, 6) is 3.38. The Labute approximate surface area is 389 Å². The van der Waals surface area contributed by atoms with Crippen molar-refractivity contribution in [2.45, 2.75) is 46.0 Å². The highest BCUT2D eigenvalue weighted by molar-refractivity contribution is 5.63. The third-order valence-electron chi connectivity index (χ3n) is 10.8. The van der Waals surface area contributed by atoms with Crippen LogP contribution in [0.25, 0.3) is 11.1 Å². The van der Waals surface area contributed by atoms with Gasteiger partial charge in [0.1, 0.15) is 23.0 Å². The van der Waals surface area contributed by atoms with Crippen LogP contribution < -0.4 is 9.47 Å². The van der Waals surface area contributed by atoms with E-state index in [1.807, 2.05) is 108 Å². The fourth-order valence-electron chi connectivity index (χ4n) is 7.33. The van der Waals surface area contributed by atoms with Gasteiger partial charge in [-0.3, -0.25) is 4.90 Å². The smallest absolute Gasteiger partial charge is 0.130 e. The molecule has 6 aromatic rings. The van der Waals surface area contributed by atoms with Crippen LogP contribution in [0.5, 0.6) is 23.0 Å². The Morgan fingerprint density at radius 2 is 0.708 bits per heavy atom. The second kappa shape index (κ2) is 32.3. The molecule has 0 aliphatic heterocycles. The van der Waals surface area contributed by atoms with Crippen molar-refractivity contribution in [3.05, 3.63) is 180 Å². The number of para-hydroxylation sites is 3. The predicted octanol–water partition coefficient (Wildman–Crippen LogP) is 9.63. The molecule has 0 saturated carbocycles. The Hall–Kier alpha value is -5.36. The Balaban J connectivity index is 0.000000213. The monoisotopic (exact) mass is 884 g/mol. The highest BCUT2D eigenvalue weighted by Gasteiger charge is 2.09. The van der Waals surface area contributed by atoms with Crippen molar-refractivity contribution in [3.63, 3.8) is 0 Å². The number of hydrogen-bond acceptors (Lipinski definition) is 9. The summed E-state index contributed by atoms with van der Waals surface area (Å²) in [6.45, 7) is 12.5. The maximum Gasteiger partial charge on any atom is 0.130 e. The lowest BCUT2D eigenvalue weighted by Gasteiger charge is -2.20. The zero-order valence-corrected chi connectivity index (χ0v) is 38.8. The van der Waals surface area contributed by atoms with Crippen LogP contribution in [0.15, 0.2) is 164 Å². The van der Waals surface area contributed by atoms with Crippen LogP contribution in [0.2, 0.25) is 0 Å². The van der Waals surface area contributed by atoms with Crippen LogP contribution in [0.4, 0.5) is 0 Å². The first kappa shape index (κ1) is 52.3. The predicted molar refractivity (Wildman–Crippen MR) is 267 cm³/mol. The van der Waals surface area contributed by atoms with Crippen LogP contribution in [-0.2, 0) is 19.3 Å². The summed E-state index contributed by atoms with van der Waals surface area (Å²) in [5.41, 5.74) is 6.29. The van der Waals surface area contributed by atoms with Crippen molar-refractivity contribution in [2.75, 3.05) is 85.3 Å². The molecule has 0 aliphatic rings. The molecule has 65 heavy (non-hydrogen) atoms. The van der Waals surface area contributed by atoms with Gasteiger partial charge in [0.05, 0.1) is 26.4 Å². The van der Waals surface area contributed by atoms with E-state index in [0.717, 1.165) is 106 Å². The van der Waals surface area contributed by atoms with Crippen molar-refractivity contribution < 1.29 is 29.9 Å². The van der Waals surface area contributed by atoms with Crippen molar-refractivity contribution >= 4 is 0 Å². The molecule has 0 aromatic heterocycles. The summed E-state index contributed by atoms with van der Waals surface area (Å²) in [4.78, 5) is 6.67. The van der Waals surface area contributed by atoms with E-state index in [1.165, 1.54) is 22.3 Å². The first-order valence-corrected chi connectivity index (χ1v) is 23.4. The standard InChI is InChI=1S/C19H25NO2.C19H25NO.C18H23NO3/c1-2-13-20(15-16-21)14-12-17-8-10-19(11-9-17)22-18-6-4-3-5-7-18;1-2-13-20(15-16-21)14-12-17-8-10-19(11-9-17)18-6-4-3-5-7-18;20-14-12-19(13-15-21)11-10-16-6-4-5-9-18(16)22-17-7-2-1-3-8-17/h3-11,21H,2,12-16H2,1H3;3-11,21H,2,12-16H2,1H3;1-9,20-21H,10-15H2. The Morgan fingerprint density at radius 3 is 1.18 bits per heavy atom. The van der Waals surface area contributed by atoms with Crippen LogP contribution in [0.1, 0.15) is 43.4 Å². The maximum absolute atomic E-state index is 9.08. The van der Waals surface area contributed by atoms with Gasteiger partial charge in [0.25, 0.3) is 0 Å². The van der Waals surface area contributed by atoms with Crippen molar-refractivity contribution in [1.82, 2.24) is 14.7 Å². The van der Waals surface area contributed by atoms with Crippen molar-refractivity contribution in [1.29, 1.82) is 0 Å². The van der Waals surface area contributed by atoms with Crippen molar-refractivity contribution in [2.24, 2.45) is 0 Å². The number of hydrogen-bond donors (Lipinski definition) is 4. The minimum atomic E-state index is 0.0994. The Bertz CT molecular complexity index is 2040. The van der Waals surface area contributed by atoms with Gasteiger partial charge in [0.2, 0.25) is 0 Å². The molecule has 0 amide bonds. The van der Waals surface area contributed by atoms with E-state index in [4.69, 9.17) is 29.9 Å². The van der Waals surface area contributed by atoms with Gasteiger partial charge in [-0.1, -0.05) is 135 Å². The zero-order chi connectivity index (χ0) is 46.2. The molecule has 0 bridgehead atoms. The van der Waals surface area contributed by atoms with Crippen LogP contribution >= 0.6 is 0 Å². The number of aliphatic hydroxyl groups excluding tert-OH is 4. The average Bonchev–Trinajstić information content (AvgIpc) is 3.34. The Morgan fingerprint density at radius 1 is 0.338 bits per heavy atom. The highest BCUT2D eigenvalue weighted by Crippen LogP contribution is 2.26. The third kappa shape index (κ3) is 21.0. The van der Waals surface area contributed by atoms with Crippen LogP contribution in [-0.4, -0.2) is 120 Å². The molecule has 0 atom stereocenters. The Kier molecular flexibility index (Phi) is 26.0. The van der Waals surface area contributed by atoms with E-state index in [1.54, 1.807) is 0 Å². The average molecular weight is 884 g/mol. The number of rotatable bonds is 26. The van der Waals surface area contributed by atoms with Crippen LogP contribution in [0, 0.1) is 0 Å². The summed E-state index contributed by atoms with van der Waals surface area (Å²) < 4.78 is 11.7. The van der Waals surface area contributed by atoms with Gasteiger partial charge in [-0.25, -0.2) is 0 Å². The third-order valence-corrected chi connectivity index (χ3v) is 10.8. The molecule has 0 fully saturated rings. The fourth-order valence-corrected chi connectivity index (χ4v) is 7.33. The SMILES string of the molecule is CCCN(CCO)CCc1ccc(-c2ccccc2)cc1.CCCN(CCO)CCc1ccc(Oc2ccccc2)cc1.OCCN(CCO)CCc1ccccc1Oc1ccccc1. The molecule has 6 aromatic carbocycles. The first-order valence-electron chi connectivity index (χ1n) is 23.4. The van der Waals surface area contributed by atoms with Gasteiger partial charge in [0.15, 0.2) is 0 Å². The van der Waals surface area contributed by atoms with E-state index in [9.17, 15) is 0 Å². The molecular formula is C56H73N3O6. The van der Waals surface area contributed by atoms with Crippen molar-refractivity contribution in [3.8, 4) is 34.1 Å². The maximum atomic E-state index is 9.08. The van der Waals surface area contributed by atoms with E-state index in [0.29, 0.717) is 13.1 Å². The number of aliphatic hydroxyl groups is 4. The fraction of sp³-hybridized carbons (Fsp3) is 0.357. The first-order chi connectivity index (χ1) is 32.0. The molecule has 0 aliphatic carbocycles. The summed E-state index contributed by atoms with van der Waals surface area (Å²) in [5, 5.41) is 36.3. The molecule has 0 spiro atoms. The largest absolute Gasteiger partial charge is 0.457 e. The zero-order valence-electron chi connectivity index (χ0n) is 38.8.